The van der Waals surface area contributed by atoms with Gasteiger partial charge in [0.05, 0.1) is 0 Å². The van der Waals surface area contributed by atoms with Crippen LogP contribution in [0.3, 0.4) is 0 Å². The SMILES string of the molecule is Cc1cc(OCC(=O)OCC(=O)NC2CCCC(C)C2C)ccc1Cl. The van der Waals surface area contributed by atoms with Crippen molar-refractivity contribution in [1.29, 1.82) is 0 Å². The van der Waals surface area contributed by atoms with E-state index < -0.39 is 5.97 Å². The number of benzene rings is 1. The number of hydrogen-bond acceptors (Lipinski definition) is 4. The number of halogens is 1. The molecule has 3 unspecified atom stereocenters. The third kappa shape index (κ3) is 5.92. The largest absolute Gasteiger partial charge is 0.482 e. The maximum absolute atomic E-state index is 12.0. The van der Waals surface area contributed by atoms with Crippen LogP contribution in [0.25, 0.3) is 0 Å². The highest BCUT2D eigenvalue weighted by Gasteiger charge is 2.28. The third-order valence-corrected chi connectivity index (χ3v) is 5.33. The summed E-state index contributed by atoms with van der Waals surface area (Å²) in [5.74, 6) is 0.727. The lowest BCUT2D eigenvalue weighted by molar-refractivity contribution is -0.150. The molecule has 0 saturated heterocycles. The molecule has 1 aromatic rings. The van der Waals surface area contributed by atoms with Crippen LogP contribution in [0, 0.1) is 18.8 Å². The molecule has 1 N–H and O–H groups in total. The van der Waals surface area contributed by atoms with Crippen molar-refractivity contribution in [3.8, 4) is 5.75 Å². The molecule has 1 saturated carbocycles. The molecule has 138 valence electrons. The van der Waals surface area contributed by atoms with Crippen LogP contribution >= 0.6 is 11.6 Å². The summed E-state index contributed by atoms with van der Waals surface area (Å²) in [5, 5.41) is 3.61. The lowest BCUT2D eigenvalue weighted by Crippen LogP contribution is -2.45. The number of ether oxygens (including phenoxy) is 2. The zero-order valence-corrected chi connectivity index (χ0v) is 15.8. The van der Waals surface area contributed by atoms with Crippen molar-refractivity contribution in [3.63, 3.8) is 0 Å². The summed E-state index contributed by atoms with van der Waals surface area (Å²) in [7, 11) is 0. The van der Waals surface area contributed by atoms with Gasteiger partial charge in [0.15, 0.2) is 13.2 Å². The molecule has 1 aromatic carbocycles. The average Bonchev–Trinajstić information content (AvgIpc) is 2.58. The van der Waals surface area contributed by atoms with Gasteiger partial charge in [0.25, 0.3) is 5.91 Å². The monoisotopic (exact) mass is 367 g/mol. The van der Waals surface area contributed by atoms with Gasteiger partial charge in [-0.2, -0.15) is 0 Å². The van der Waals surface area contributed by atoms with Crippen LogP contribution in [0.5, 0.6) is 5.75 Å². The highest BCUT2D eigenvalue weighted by Crippen LogP contribution is 2.29. The fraction of sp³-hybridized carbons (Fsp3) is 0.579. The number of carbonyl (C=O) groups is 2. The minimum atomic E-state index is -0.576. The van der Waals surface area contributed by atoms with Crippen LogP contribution in [0.15, 0.2) is 18.2 Å². The fourth-order valence-corrected chi connectivity index (χ4v) is 3.19. The molecule has 3 atom stereocenters. The number of esters is 1. The first-order valence-electron chi connectivity index (χ1n) is 8.70. The van der Waals surface area contributed by atoms with E-state index in [1.54, 1.807) is 18.2 Å². The van der Waals surface area contributed by atoms with Crippen molar-refractivity contribution in [3.05, 3.63) is 28.8 Å². The molecule has 1 aliphatic carbocycles. The predicted molar refractivity (Wildman–Crippen MR) is 96.8 cm³/mol. The van der Waals surface area contributed by atoms with Gasteiger partial charge in [0.1, 0.15) is 5.75 Å². The molecule has 0 bridgehead atoms. The van der Waals surface area contributed by atoms with E-state index in [1.165, 1.54) is 6.42 Å². The number of aryl methyl sites for hydroxylation is 1. The van der Waals surface area contributed by atoms with Crippen LogP contribution in [0.4, 0.5) is 0 Å². The summed E-state index contributed by atoms with van der Waals surface area (Å²) >= 11 is 5.94. The molecule has 0 aromatic heterocycles. The molecular weight excluding hydrogens is 342 g/mol. The van der Waals surface area contributed by atoms with Gasteiger partial charge in [-0.1, -0.05) is 38.3 Å². The van der Waals surface area contributed by atoms with Crippen molar-refractivity contribution < 1.29 is 19.1 Å². The quantitative estimate of drug-likeness (QED) is 0.781. The number of nitrogens with one attached hydrogen (secondary N) is 1. The van der Waals surface area contributed by atoms with Crippen molar-refractivity contribution in [1.82, 2.24) is 5.32 Å². The second kappa shape index (κ2) is 9.09. The van der Waals surface area contributed by atoms with Gasteiger partial charge in [-0.15, -0.1) is 0 Å². The Bertz CT molecular complexity index is 619. The lowest BCUT2D eigenvalue weighted by Gasteiger charge is -2.34. The Morgan fingerprint density at radius 1 is 1.24 bits per heavy atom. The Morgan fingerprint density at radius 2 is 2.00 bits per heavy atom. The van der Waals surface area contributed by atoms with Crippen LogP contribution < -0.4 is 10.1 Å². The standard InChI is InChI=1S/C19H26ClNO4/c1-12-5-4-6-17(14(12)3)21-18(22)10-25-19(23)11-24-15-7-8-16(20)13(2)9-15/h7-9,12,14,17H,4-6,10-11H2,1-3H3,(H,21,22). The smallest absolute Gasteiger partial charge is 0.344 e. The fourth-order valence-electron chi connectivity index (χ4n) is 3.07. The molecule has 25 heavy (non-hydrogen) atoms. The van der Waals surface area contributed by atoms with E-state index in [4.69, 9.17) is 21.1 Å². The van der Waals surface area contributed by atoms with E-state index in [-0.39, 0.29) is 25.2 Å². The maximum atomic E-state index is 12.0. The minimum Gasteiger partial charge on any atom is -0.482 e. The van der Waals surface area contributed by atoms with Gasteiger partial charge in [-0.25, -0.2) is 4.79 Å². The first-order valence-corrected chi connectivity index (χ1v) is 9.08. The topological polar surface area (TPSA) is 64.6 Å². The van der Waals surface area contributed by atoms with Crippen molar-refractivity contribution in [2.45, 2.75) is 46.1 Å². The van der Waals surface area contributed by atoms with Gasteiger partial charge < -0.3 is 14.8 Å². The Hall–Kier alpha value is -1.75. The highest BCUT2D eigenvalue weighted by molar-refractivity contribution is 6.31. The van der Waals surface area contributed by atoms with Crippen LogP contribution in [-0.4, -0.2) is 31.1 Å². The van der Waals surface area contributed by atoms with Gasteiger partial charge in [0.2, 0.25) is 0 Å². The van der Waals surface area contributed by atoms with Crippen LogP contribution in [-0.2, 0) is 14.3 Å². The second-order valence-electron chi connectivity index (χ2n) is 6.80. The summed E-state index contributed by atoms with van der Waals surface area (Å²) in [6, 6.07) is 5.29. The Morgan fingerprint density at radius 3 is 2.72 bits per heavy atom. The molecule has 0 radical (unpaired) electrons. The molecule has 2 rings (SSSR count). The second-order valence-corrected chi connectivity index (χ2v) is 7.21. The summed E-state index contributed by atoms with van der Waals surface area (Å²) in [4.78, 5) is 23.7. The molecule has 1 aliphatic rings. The highest BCUT2D eigenvalue weighted by atomic mass is 35.5. The summed E-state index contributed by atoms with van der Waals surface area (Å²) in [6.07, 6.45) is 3.29. The van der Waals surface area contributed by atoms with Crippen molar-refractivity contribution >= 4 is 23.5 Å². The van der Waals surface area contributed by atoms with Crippen molar-refractivity contribution in [2.75, 3.05) is 13.2 Å². The van der Waals surface area contributed by atoms with E-state index in [1.807, 2.05) is 6.92 Å². The zero-order chi connectivity index (χ0) is 18.4. The minimum absolute atomic E-state index is 0.156. The third-order valence-electron chi connectivity index (χ3n) is 4.90. The summed E-state index contributed by atoms with van der Waals surface area (Å²) < 4.78 is 10.3. The van der Waals surface area contributed by atoms with Crippen LogP contribution in [0.1, 0.15) is 38.7 Å². The summed E-state index contributed by atoms with van der Waals surface area (Å²) in [6.45, 7) is 5.69. The van der Waals surface area contributed by atoms with Gasteiger partial charge in [-0.05, 0) is 48.9 Å². The van der Waals surface area contributed by atoms with Gasteiger partial charge in [-0.3, -0.25) is 4.79 Å². The molecule has 0 spiro atoms. The molecule has 0 aliphatic heterocycles. The van der Waals surface area contributed by atoms with E-state index in [9.17, 15) is 9.59 Å². The lowest BCUT2D eigenvalue weighted by atomic mass is 9.78. The maximum Gasteiger partial charge on any atom is 0.344 e. The molecule has 6 heteroatoms. The molecular formula is C19H26ClNO4. The molecule has 0 heterocycles. The predicted octanol–water partition coefficient (Wildman–Crippen LogP) is 3.51. The Labute approximate surface area is 154 Å². The number of hydrogen-bond donors (Lipinski definition) is 1. The van der Waals surface area contributed by atoms with Crippen LogP contribution in [0.2, 0.25) is 5.02 Å². The van der Waals surface area contributed by atoms with E-state index in [0.29, 0.717) is 22.6 Å². The van der Waals surface area contributed by atoms with E-state index >= 15 is 0 Å². The molecule has 5 nitrogen and oxygen atoms in total. The number of amides is 1. The normalized spacial score (nSPS) is 23.0. The van der Waals surface area contributed by atoms with E-state index in [0.717, 1.165) is 18.4 Å². The number of rotatable bonds is 6. The Balaban J connectivity index is 1.70. The summed E-state index contributed by atoms with van der Waals surface area (Å²) in [5.41, 5.74) is 0.864. The van der Waals surface area contributed by atoms with Crippen molar-refractivity contribution in [2.24, 2.45) is 11.8 Å². The van der Waals surface area contributed by atoms with Gasteiger partial charge >= 0.3 is 5.97 Å². The first-order chi connectivity index (χ1) is 11.9. The zero-order valence-electron chi connectivity index (χ0n) is 15.0. The number of carbonyl (C=O) groups excluding carboxylic acids is 2. The molecule has 1 amide bonds. The first kappa shape index (κ1) is 19.6. The average molecular weight is 368 g/mol. The van der Waals surface area contributed by atoms with Gasteiger partial charge in [0, 0.05) is 11.1 Å². The Kier molecular flexibility index (Phi) is 7.12. The van der Waals surface area contributed by atoms with E-state index in [2.05, 4.69) is 19.2 Å². The molecule has 1 fully saturated rings.